The minimum atomic E-state index is -2.55. The maximum Gasteiger partial charge on any atom is 0.407 e. The van der Waals surface area contributed by atoms with Crippen LogP contribution in [0.15, 0.2) is 60.7 Å². The van der Waals surface area contributed by atoms with Gasteiger partial charge in [-0.25, -0.2) is 4.79 Å². The second-order valence-electron chi connectivity index (χ2n) is 7.74. The number of hydrogen-bond donors (Lipinski definition) is 1. The Morgan fingerprint density at radius 2 is 1.58 bits per heavy atom. The number of nitrogens with one attached hydrogen (secondary N) is 1. The number of alkyl carbamates (subject to hydrolysis) is 1. The molecule has 1 atom stereocenters. The van der Waals surface area contributed by atoms with Gasteiger partial charge in [0.05, 0.1) is 19.3 Å². The molecular weight excluding hydrogens is 342 g/mol. The molecule has 1 heterocycles. The van der Waals surface area contributed by atoms with Crippen LogP contribution in [-0.4, -0.2) is 33.7 Å². The summed E-state index contributed by atoms with van der Waals surface area (Å²) < 4.78 is 11.8. The molecule has 2 aromatic carbocycles. The van der Waals surface area contributed by atoms with Crippen LogP contribution in [0, 0.1) is 0 Å². The Morgan fingerprint density at radius 1 is 1.04 bits per heavy atom. The normalized spacial score (nSPS) is 18.1. The summed E-state index contributed by atoms with van der Waals surface area (Å²) >= 11 is 0. The van der Waals surface area contributed by atoms with Gasteiger partial charge in [0.25, 0.3) is 8.32 Å². The first-order chi connectivity index (χ1) is 12.4. The highest BCUT2D eigenvalue weighted by molar-refractivity contribution is 6.99. The molecule has 0 saturated carbocycles. The van der Waals surface area contributed by atoms with Gasteiger partial charge in [-0.3, -0.25) is 0 Å². The van der Waals surface area contributed by atoms with Crippen LogP contribution >= 0.6 is 0 Å². The van der Waals surface area contributed by atoms with E-state index < -0.39 is 8.32 Å². The number of amides is 1. The van der Waals surface area contributed by atoms with Crippen LogP contribution in [0.25, 0.3) is 0 Å². The molecule has 0 bridgehead atoms. The summed E-state index contributed by atoms with van der Waals surface area (Å²) in [5.74, 6) is 0. The average Bonchev–Trinajstić information content (AvgIpc) is 2.63. The molecule has 1 unspecified atom stereocenters. The lowest BCUT2D eigenvalue weighted by atomic mass is 10.2. The van der Waals surface area contributed by atoms with E-state index in [1.807, 2.05) is 12.1 Å². The summed E-state index contributed by atoms with van der Waals surface area (Å²) in [4.78, 5) is 11.6. The Bertz CT molecular complexity index is 688. The molecule has 138 valence electrons. The van der Waals surface area contributed by atoms with Crippen LogP contribution in [0.5, 0.6) is 0 Å². The Labute approximate surface area is 156 Å². The number of benzene rings is 2. The molecule has 3 rings (SSSR count). The Hall–Kier alpha value is -2.11. The molecular formula is C21H27NO3Si. The number of carbonyl (C=O) groups is 1. The summed E-state index contributed by atoms with van der Waals surface area (Å²) in [6, 6.07) is 21.1. The van der Waals surface area contributed by atoms with Crippen molar-refractivity contribution in [2.75, 3.05) is 13.2 Å². The van der Waals surface area contributed by atoms with Crippen LogP contribution in [-0.2, 0) is 9.16 Å². The molecule has 0 aliphatic carbocycles. The van der Waals surface area contributed by atoms with Crippen molar-refractivity contribution in [2.45, 2.75) is 38.3 Å². The van der Waals surface area contributed by atoms with E-state index in [9.17, 15) is 4.79 Å². The van der Waals surface area contributed by atoms with Gasteiger partial charge in [0.15, 0.2) is 0 Å². The molecule has 1 N–H and O–H groups in total. The Balaban J connectivity index is 2.01. The van der Waals surface area contributed by atoms with Crippen molar-refractivity contribution >= 4 is 24.8 Å². The predicted octanol–water partition coefficient (Wildman–Crippen LogP) is 3.06. The van der Waals surface area contributed by atoms with E-state index in [0.717, 1.165) is 6.42 Å². The minimum absolute atomic E-state index is 0.0158. The zero-order valence-electron chi connectivity index (χ0n) is 15.7. The molecule has 0 radical (unpaired) electrons. The van der Waals surface area contributed by atoms with E-state index in [2.05, 4.69) is 74.6 Å². The van der Waals surface area contributed by atoms with E-state index in [-0.39, 0.29) is 17.2 Å². The first-order valence-electron chi connectivity index (χ1n) is 9.12. The van der Waals surface area contributed by atoms with Crippen molar-refractivity contribution in [1.82, 2.24) is 5.32 Å². The fourth-order valence-corrected chi connectivity index (χ4v) is 8.29. The number of cyclic esters (lactones) is 1. The van der Waals surface area contributed by atoms with Crippen molar-refractivity contribution in [3.63, 3.8) is 0 Å². The van der Waals surface area contributed by atoms with Gasteiger partial charge in [-0.2, -0.15) is 0 Å². The Kier molecular flexibility index (Phi) is 5.49. The van der Waals surface area contributed by atoms with Gasteiger partial charge in [-0.1, -0.05) is 81.4 Å². The topological polar surface area (TPSA) is 47.6 Å². The lowest BCUT2D eigenvalue weighted by molar-refractivity contribution is 0.102. The lowest BCUT2D eigenvalue weighted by Gasteiger charge is -2.44. The highest BCUT2D eigenvalue weighted by Gasteiger charge is 2.50. The third-order valence-electron chi connectivity index (χ3n) is 4.94. The average molecular weight is 370 g/mol. The van der Waals surface area contributed by atoms with Gasteiger partial charge in [0.1, 0.15) is 0 Å². The summed E-state index contributed by atoms with van der Waals surface area (Å²) in [6.07, 6.45) is 0.413. The number of hydrogen-bond acceptors (Lipinski definition) is 3. The van der Waals surface area contributed by atoms with Crippen molar-refractivity contribution < 1.29 is 14.0 Å². The van der Waals surface area contributed by atoms with E-state index >= 15 is 0 Å². The molecule has 1 saturated heterocycles. The summed E-state index contributed by atoms with van der Waals surface area (Å²) in [7, 11) is -2.55. The van der Waals surface area contributed by atoms with E-state index in [1.165, 1.54) is 10.4 Å². The fourth-order valence-electron chi connectivity index (χ4n) is 3.69. The SMILES string of the molecule is CC(C)(C)[Si](OCC1CCOC(=O)N1)(c1ccccc1)c1ccccc1. The van der Waals surface area contributed by atoms with Crippen LogP contribution < -0.4 is 15.7 Å². The molecule has 5 heteroatoms. The van der Waals surface area contributed by atoms with Gasteiger partial charge in [0, 0.05) is 6.42 Å². The summed E-state index contributed by atoms with van der Waals surface area (Å²) in [6.45, 7) is 7.69. The van der Waals surface area contributed by atoms with Crippen LogP contribution in [0.4, 0.5) is 4.79 Å². The van der Waals surface area contributed by atoms with Gasteiger partial charge in [-0.15, -0.1) is 0 Å². The third-order valence-corrected chi connectivity index (χ3v) is 9.94. The van der Waals surface area contributed by atoms with Gasteiger partial charge in [0.2, 0.25) is 0 Å². The van der Waals surface area contributed by atoms with Crippen molar-refractivity contribution in [1.29, 1.82) is 0 Å². The van der Waals surface area contributed by atoms with Crippen LogP contribution in [0.1, 0.15) is 27.2 Å². The summed E-state index contributed by atoms with van der Waals surface area (Å²) in [5.41, 5.74) is 0. The number of carbonyl (C=O) groups excluding carboxylic acids is 1. The molecule has 0 aromatic heterocycles. The van der Waals surface area contributed by atoms with Crippen molar-refractivity contribution in [3.8, 4) is 0 Å². The molecule has 1 amide bonds. The minimum Gasteiger partial charge on any atom is -0.449 e. The van der Waals surface area contributed by atoms with Gasteiger partial charge < -0.3 is 14.5 Å². The highest BCUT2D eigenvalue weighted by Crippen LogP contribution is 2.36. The first-order valence-corrected chi connectivity index (χ1v) is 11.0. The smallest absolute Gasteiger partial charge is 0.407 e. The molecule has 26 heavy (non-hydrogen) atoms. The molecule has 1 aliphatic rings. The maximum absolute atomic E-state index is 11.6. The molecule has 2 aromatic rings. The van der Waals surface area contributed by atoms with Gasteiger partial charge >= 0.3 is 6.09 Å². The molecule has 1 aliphatic heterocycles. The first kappa shape index (κ1) is 18.7. The lowest BCUT2D eigenvalue weighted by Crippen LogP contribution is -2.67. The van der Waals surface area contributed by atoms with E-state index in [0.29, 0.717) is 13.2 Å². The highest BCUT2D eigenvalue weighted by atomic mass is 28.4. The second-order valence-corrected chi connectivity index (χ2v) is 12.0. The standard InChI is InChI=1S/C21H27NO3Si/c1-21(2,3)26(18-10-6-4-7-11-18,19-12-8-5-9-13-19)25-16-17-14-15-24-20(23)22-17/h4-13,17H,14-16H2,1-3H3,(H,22,23). The van der Waals surface area contributed by atoms with Gasteiger partial charge in [-0.05, 0) is 15.4 Å². The quantitative estimate of drug-likeness (QED) is 0.824. The predicted molar refractivity (Wildman–Crippen MR) is 106 cm³/mol. The van der Waals surface area contributed by atoms with Crippen molar-refractivity contribution in [3.05, 3.63) is 60.7 Å². The molecule has 4 nitrogen and oxygen atoms in total. The third kappa shape index (κ3) is 3.69. The molecule has 1 fully saturated rings. The zero-order valence-corrected chi connectivity index (χ0v) is 16.7. The largest absolute Gasteiger partial charge is 0.449 e. The monoisotopic (exact) mass is 369 g/mol. The van der Waals surface area contributed by atoms with E-state index in [4.69, 9.17) is 9.16 Å². The number of rotatable bonds is 5. The molecule has 0 spiro atoms. The van der Waals surface area contributed by atoms with Crippen molar-refractivity contribution in [2.24, 2.45) is 0 Å². The van der Waals surface area contributed by atoms with Crippen LogP contribution in [0.2, 0.25) is 5.04 Å². The maximum atomic E-state index is 11.6. The van der Waals surface area contributed by atoms with Crippen LogP contribution in [0.3, 0.4) is 0 Å². The second kappa shape index (κ2) is 7.64. The number of ether oxygens (including phenoxy) is 1. The van der Waals surface area contributed by atoms with E-state index in [1.54, 1.807) is 0 Å². The zero-order chi connectivity index (χ0) is 18.6. The Morgan fingerprint density at radius 3 is 2.04 bits per heavy atom. The summed E-state index contributed by atoms with van der Waals surface area (Å²) in [5, 5.41) is 5.31. The fraction of sp³-hybridized carbons (Fsp3) is 0.381.